The maximum atomic E-state index is 12.2. The zero-order valence-corrected chi connectivity index (χ0v) is 28.3. The highest BCUT2D eigenvalue weighted by molar-refractivity contribution is 6.31. The minimum Gasteiger partial charge on any atom is -0.322 e. The van der Waals surface area contributed by atoms with Gasteiger partial charge in [0.2, 0.25) is 0 Å². The zero-order valence-electron chi connectivity index (χ0n) is 27.5. The first-order chi connectivity index (χ1) is 19.7. The molecule has 0 heterocycles. The van der Waals surface area contributed by atoms with E-state index < -0.39 is 0 Å². The number of hydrogen-bond acceptors (Lipinski definition) is 1. The molecule has 224 valence electrons. The van der Waals surface area contributed by atoms with Crippen molar-refractivity contribution in [3.63, 3.8) is 0 Å². The average Bonchev–Trinajstić information content (AvgIpc) is 2.90. The molecular weight excluding hydrogens is 534 g/mol. The summed E-state index contributed by atoms with van der Waals surface area (Å²) in [5, 5.41) is 3.86. The van der Waals surface area contributed by atoms with Crippen molar-refractivity contribution in [2.75, 3.05) is 5.32 Å². The molecular formula is C39H50ClNO. The second kappa shape index (κ2) is 16.3. The maximum Gasteiger partial charge on any atom is 0.255 e. The first-order valence-electron chi connectivity index (χ1n) is 15.0. The van der Waals surface area contributed by atoms with E-state index in [9.17, 15) is 4.79 Å². The van der Waals surface area contributed by atoms with Crippen LogP contribution in [0.5, 0.6) is 0 Å². The number of hydrogen-bond donors (Lipinski definition) is 1. The van der Waals surface area contributed by atoms with E-state index in [1.165, 1.54) is 38.9 Å². The van der Waals surface area contributed by atoms with Crippen molar-refractivity contribution in [1.29, 1.82) is 0 Å². The van der Waals surface area contributed by atoms with Crippen LogP contribution >= 0.6 is 11.6 Å². The van der Waals surface area contributed by atoms with E-state index in [1.807, 2.05) is 49.4 Å². The van der Waals surface area contributed by atoms with Crippen molar-refractivity contribution in [1.82, 2.24) is 0 Å². The zero-order chi connectivity index (χ0) is 31.6. The third kappa shape index (κ3) is 10.2. The Kier molecular flexibility index (Phi) is 13.5. The predicted octanol–water partition coefficient (Wildman–Crippen LogP) is 11.9. The smallest absolute Gasteiger partial charge is 0.255 e. The molecule has 0 spiro atoms. The molecule has 4 rings (SSSR count). The largest absolute Gasteiger partial charge is 0.322 e. The number of carbonyl (C=O) groups is 1. The fourth-order valence-electron chi connectivity index (χ4n) is 5.44. The molecule has 0 aliphatic rings. The maximum absolute atomic E-state index is 12.2. The SMILES string of the molecule is Cc1cccc(C(=O)Nc2ccc(C)c(C(C)C)c2)c1.Cc1cccc(C)c1C(C)C.Cc1cccc(Cl)c1C(C)C. The standard InChI is InChI=1S/C18H21NO.C11H16.C10H13Cl/c1-12(2)17-11-16(9-8-14(17)4)19-18(20)15-7-5-6-13(3)10-15;1-8(2)11-9(3)6-5-7-10(11)4;1-7(2)10-8(3)5-4-6-9(10)11/h5-12H,1-4H3,(H,19,20);5-8H,1-4H3;4-7H,1-3H3. The normalized spacial score (nSPS) is 10.6. The number of nitrogens with one attached hydrogen (secondary N) is 1. The van der Waals surface area contributed by atoms with Gasteiger partial charge in [0.1, 0.15) is 0 Å². The van der Waals surface area contributed by atoms with Crippen molar-refractivity contribution in [2.45, 2.75) is 93.9 Å². The van der Waals surface area contributed by atoms with E-state index in [1.54, 1.807) is 0 Å². The molecule has 1 N–H and O–H groups in total. The molecule has 42 heavy (non-hydrogen) atoms. The van der Waals surface area contributed by atoms with E-state index in [-0.39, 0.29) is 5.91 Å². The first kappa shape index (κ1) is 34.8. The summed E-state index contributed by atoms with van der Waals surface area (Å²) in [6, 6.07) is 26.2. The molecule has 0 aliphatic heterocycles. The summed E-state index contributed by atoms with van der Waals surface area (Å²) in [6.07, 6.45) is 0. The van der Waals surface area contributed by atoms with Gasteiger partial charge in [-0.3, -0.25) is 4.79 Å². The van der Waals surface area contributed by atoms with E-state index in [0.717, 1.165) is 16.3 Å². The van der Waals surface area contributed by atoms with Crippen LogP contribution in [0.4, 0.5) is 5.69 Å². The van der Waals surface area contributed by atoms with Gasteiger partial charge < -0.3 is 5.32 Å². The van der Waals surface area contributed by atoms with Crippen molar-refractivity contribution in [2.24, 2.45) is 0 Å². The number of amides is 1. The summed E-state index contributed by atoms with van der Waals surface area (Å²) in [7, 11) is 0. The Labute approximate surface area is 260 Å². The van der Waals surface area contributed by atoms with Crippen LogP contribution in [0.15, 0.2) is 78.9 Å². The van der Waals surface area contributed by atoms with Gasteiger partial charge in [-0.05, 0) is 122 Å². The first-order valence-corrected chi connectivity index (χ1v) is 15.4. The Hall–Kier alpha value is -3.36. The van der Waals surface area contributed by atoms with E-state index in [0.29, 0.717) is 23.3 Å². The van der Waals surface area contributed by atoms with Gasteiger partial charge in [0.25, 0.3) is 5.91 Å². The van der Waals surface area contributed by atoms with E-state index in [4.69, 9.17) is 11.6 Å². The number of rotatable bonds is 5. The monoisotopic (exact) mass is 583 g/mol. The molecule has 4 aromatic rings. The fourth-order valence-corrected chi connectivity index (χ4v) is 5.88. The Morgan fingerprint density at radius 2 is 1.12 bits per heavy atom. The molecule has 2 nitrogen and oxygen atoms in total. The molecule has 0 aliphatic carbocycles. The molecule has 3 heteroatoms. The molecule has 4 aromatic carbocycles. The van der Waals surface area contributed by atoms with Gasteiger partial charge in [-0.2, -0.15) is 0 Å². The van der Waals surface area contributed by atoms with Crippen LogP contribution in [-0.4, -0.2) is 5.91 Å². The lowest BCUT2D eigenvalue weighted by Gasteiger charge is -2.13. The highest BCUT2D eigenvalue weighted by Gasteiger charge is 2.09. The summed E-state index contributed by atoms with van der Waals surface area (Å²) in [4.78, 5) is 12.2. The minimum absolute atomic E-state index is 0.0627. The summed E-state index contributed by atoms with van der Waals surface area (Å²) in [5.41, 5.74) is 12.1. The van der Waals surface area contributed by atoms with Crippen LogP contribution in [0.2, 0.25) is 5.02 Å². The van der Waals surface area contributed by atoms with Crippen LogP contribution in [0.3, 0.4) is 0 Å². The highest BCUT2D eigenvalue weighted by atomic mass is 35.5. The Morgan fingerprint density at radius 1 is 0.595 bits per heavy atom. The lowest BCUT2D eigenvalue weighted by Crippen LogP contribution is -2.12. The van der Waals surface area contributed by atoms with Gasteiger partial charge in [0.15, 0.2) is 0 Å². The number of aryl methyl sites for hydroxylation is 5. The Bertz CT molecular complexity index is 1370. The molecule has 0 saturated heterocycles. The lowest BCUT2D eigenvalue weighted by atomic mass is 9.94. The number of anilines is 1. The molecule has 0 bridgehead atoms. The highest BCUT2D eigenvalue weighted by Crippen LogP contribution is 2.27. The summed E-state index contributed by atoms with van der Waals surface area (Å²) >= 11 is 6.02. The summed E-state index contributed by atoms with van der Waals surface area (Å²) in [6.45, 7) is 23.7. The minimum atomic E-state index is -0.0627. The third-order valence-electron chi connectivity index (χ3n) is 7.41. The van der Waals surface area contributed by atoms with Crippen molar-refractivity contribution in [3.05, 3.63) is 134 Å². The Balaban J connectivity index is 0.000000239. The molecule has 0 atom stereocenters. The van der Waals surface area contributed by atoms with Crippen LogP contribution in [0.1, 0.15) is 114 Å². The van der Waals surface area contributed by atoms with E-state index in [2.05, 4.69) is 111 Å². The van der Waals surface area contributed by atoms with Gasteiger partial charge in [0, 0.05) is 16.3 Å². The number of halogens is 1. The average molecular weight is 584 g/mol. The molecule has 0 radical (unpaired) electrons. The van der Waals surface area contributed by atoms with Crippen LogP contribution in [0.25, 0.3) is 0 Å². The van der Waals surface area contributed by atoms with E-state index >= 15 is 0 Å². The second-order valence-corrected chi connectivity index (χ2v) is 12.5. The molecule has 0 unspecified atom stereocenters. The van der Waals surface area contributed by atoms with Gasteiger partial charge in [-0.25, -0.2) is 0 Å². The van der Waals surface area contributed by atoms with Crippen molar-refractivity contribution >= 4 is 23.2 Å². The fraction of sp³-hybridized carbons (Fsp3) is 0.359. The lowest BCUT2D eigenvalue weighted by molar-refractivity contribution is 0.102. The van der Waals surface area contributed by atoms with Gasteiger partial charge >= 0.3 is 0 Å². The van der Waals surface area contributed by atoms with Crippen molar-refractivity contribution < 1.29 is 4.79 Å². The third-order valence-corrected chi connectivity index (χ3v) is 7.74. The van der Waals surface area contributed by atoms with Gasteiger partial charge in [0.05, 0.1) is 0 Å². The van der Waals surface area contributed by atoms with Crippen LogP contribution in [0, 0.1) is 34.6 Å². The Morgan fingerprint density at radius 3 is 1.57 bits per heavy atom. The second-order valence-electron chi connectivity index (χ2n) is 12.1. The topological polar surface area (TPSA) is 29.1 Å². The number of benzene rings is 4. The van der Waals surface area contributed by atoms with Gasteiger partial charge in [-0.15, -0.1) is 0 Å². The van der Waals surface area contributed by atoms with Crippen LogP contribution in [-0.2, 0) is 0 Å². The quantitative estimate of drug-likeness (QED) is 0.249. The van der Waals surface area contributed by atoms with Crippen LogP contribution < -0.4 is 5.32 Å². The molecule has 1 amide bonds. The van der Waals surface area contributed by atoms with Gasteiger partial charge in [-0.1, -0.05) is 107 Å². The molecule has 0 aromatic heterocycles. The van der Waals surface area contributed by atoms with Crippen molar-refractivity contribution in [3.8, 4) is 0 Å². The molecule has 0 saturated carbocycles. The number of carbonyl (C=O) groups excluding carboxylic acids is 1. The summed E-state index contributed by atoms with van der Waals surface area (Å²) in [5.74, 6) is 1.55. The molecule has 0 fully saturated rings. The summed E-state index contributed by atoms with van der Waals surface area (Å²) < 4.78 is 0. The predicted molar refractivity (Wildman–Crippen MR) is 185 cm³/mol.